The maximum atomic E-state index is 11.4. The molecule has 0 amide bonds. The van der Waals surface area contributed by atoms with E-state index in [2.05, 4.69) is 22.2 Å². The molecule has 0 spiro atoms. The number of aliphatic hydroxyl groups excluding tert-OH is 1. The Balaban J connectivity index is 2.23. The SMILES string of the molecule is CCCC(CCO)Nc1nc(N)nc(C)c1Cc1ccc(CC(=O)OC)cc1. The molecule has 2 aromatic rings. The van der Waals surface area contributed by atoms with Crippen LogP contribution in [0.4, 0.5) is 11.8 Å². The zero-order valence-corrected chi connectivity index (χ0v) is 16.9. The fourth-order valence-corrected chi connectivity index (χ4v) is 3.15. The van der Waals surface area contributed by atoms with Crippen LogP contribution in [0.15, 0.2) is 24.3 Å². The predicted molar refractivity (Wildman–Crippen MR) is 110 cm³/mol. The summed E-state index contributed by atoms with van der Waals surface area (Å²) in [5.41, 5.74) is 9.67. The molecule has 1 heterocycles. The van der Waals surface area contributed by atoms with Crippen molar-refractivity contribution in [1.82, 2.24) is 9.97 Å². The van der Waals surface area contributed by atoms with Crippen LogP contribution in [0.5, 0.6) is 0 Å². The number of carbonyl (C=O) groups is 1. The van der Waals surface area contributed by atoms with Crippen LogP contribution in [0.3, 0.4) is 0 Å². The zero-order chi connectivity index (χ0) is 20.5. The van der Waals surface area contributed by atoms with E-state index in [1.807, 2.05) is 31.2 Å². The third-order valence-electron chi connectivity index (χ3n) is 4.67. The number of hydrogen-bond acceptors (Lipinski definition) is 7. The van der Waals surface area contributed by atoms with Gasteiger partial charge in [-0.05, 0) is 30.9 Å². The monoisotopic (exact) mass is 386 g/mol. The number of benzene rings is 1. The molecule has 0 aliphatic heterocycles. The number of ether oxygens (including phenoxy) is 1. The Morgan fingerprint density at radius 3 is 2.50 bits per heavy atom. The first-order valence-corrected chi connectivity index (χ1v) is 9.61. The first kappa shape index (κ1) is 21.6. The number of hydrogen-bond donors (Lipinski definition) is 3. The topological polar surface area (TPSA) is 110 Å². The number of nitrogens with two attached hydrogens (primary N) is 1. The van der Waals surface area contributed by atoms with E-state index >= 15 is 0 Å². The van der Waals surface area contributed by atoms with Crippen LogP contribution >= 0.6 is 0 Å². The number of carbonyl (C=O) groups excluding carboxylic acids is 1. The van der Waals surface area contributed by atoms with Gasteiger partial charge in [-0.1, -0.05) is 37.6 Å². The molecule has 1 aromatic carbocycles. The summed E-state index contributed by atoms with van der Waals surface area (Å²) in [5, 5.41) is 12.8. The molecule has 2 rings (SSSR count). The molecule has 1 unspecified atom stereocenters. The third-order valence-corrected chi connectivity index (χ3v) is 4.67. The van der Waals surface area contributed by atoms with E-state index in [-0.39, 0.29) is 31.0 Å². The van der Waals surface area contributed by atoms with Crippen molar-refractivity contribution in [1.29, 1.82) is 0 Å². The second-order valence-electron chi connectivity index (χ2n) is 6.88. The van der Waals surface area contributed by atoms with Crippen LogP contribution < -0.4 is 11.1 Å². The van der Waals surface area contributed by atoms with Gasteiger partial charge in [0.2, 0.25) is 5.95 Å². The second-order valence-corrected chi connectivity index (χ2v) is 6.88. The fourth-order valence-electron chi connectivity index (χ4n) is 3.15. The van der Waals surface area contributed by atoms with Crippen molar-refractivity contribution in [2.45, 2.75) is 52.0 Å². The number of nitrogens with zero attached hydrogens (tertiary/aromatic N) is 2. The van der Waals surface area contributed by atoms with E-state index in [1.165, 1.54) is 7.11 Å². The Morgan fingerprint density at radius 1 is 1.21 bits per heavy atom. The minimum absolute atomic E-state index is 0.119. The highest BCUT2D eigenvalue weighted by Crippen LogP contribution is 2.23. The second kappa shape index (κ2) is 10.6. The lowest BCUT2D eigenvalue weighted by Gasteiger charge is -2.21. The van der Waals surface area contributed by atoms with Crippen molar-refractivity contribution in [2.24, 2.45) is 0 Å². The molecule has 4 N–H and O–H groups in total. The largest absolute Gasteiger partial charge is 0.469 e. The van der Waals surface area contributed by atoms with Crippen LogP contribution in [0.2, 0.25) is 0 Å². The average molecular weight is 386 g/mol. The summed E-state index contributed by atoms with van der Waals surface area (Å²) >= 11 is 0. The van der Waals surface area contributed by atoms with E-state index in [0.29, 0.717) is 12.8 Å². The van der Waals surface area contributed by atoms with E-state index < -0.39 is 0 Å². The molecule has 1 atom stereocenters. The molecule has 7 nitrogen and oxygen atoms in total. The van der Waals surface area contributed by atoms with Crippen LogP contribution in [0.25, 0.3) is 0 Å². The van der Waals surface area contributed by atoms with Crippen LogP contribution in [0.1, 0.15) is 48.6 Å². The van der Waals surface area contributed by atoms with Gasteiger partial charge < -0.3 is 20.9 Å². The van der Waals surface area contributed by atoms with Gasteiger partial charge in [0, 0.05) is 30.3 Å². The maximum absolute atomic E-state index is 11.4. The third kappa shape index (κ3) is 6.20. The Labute approximate surface area is 166 Å². The summed E-state index contributed by atoms with van der Waals surface area (Å²) in [7, 11) is 1.39. The lowest BCUT2D eigenvalue weighted by Crippen LogP contribution is -2.23. The highest BCUT2D eigenvalue weighted by atomic mass is 16.5. The molecule has 0 saturated heterocycles. The first-order chi connectivity index (χ1) is 13.5. The van der Waals surface area contributed by atoms with E-state index in [1.54, 1.807) is 0 Å². The zero-order valence-electron chi connectivity index (χ0n) is 16.9. The van der Waals surface area contributed by atoms with Gasteiger partial charge in [-0.25, -0.2) is 4.98 Å². The quantitative estimate of drug-likeness (QED) is 0.538. The standard InChI is InChI=1S/C21H30N4O3/c1-4-5-17(10-11-26)24-20-18(14(2)23-21(22)25-20)12-15-6-8-16(9-7-15)13-19(27)28-3/h6-9,17,26H,4-5,10-13H2,1-3H3,(H3,22,23,24,25). The molecule has 0 aliphatic carbocycles. The molecule has 0 radical (unpaired) electrons. The Kier molecular flexibility index (Phi) is 8.19. The average Bonchev–Trinajstić information content (AvgIpc) is 2.66. The number of nitrogens with one attached hydrogen (secondary N) is 1. The summed E-state index contributed by atoms with van der Waals surface area (Å²) in [5.74, 6) is 0.694. The lowest BCUT2D eigenvalue weighted by atomic mass is 10.0. The number of rotatable bonds is 10. The number of nitrogen functional groups attached to an aromatic ring is 1. The number of esters is 1. The molecular weight excluding hydrogens is 356 g/mol. The Hall–Kier alpha value is -2.67. The maximum Gasteiger partial charge on any atom is 0.309 e. The highest BCUT2D eigenvalue weighted by molar-refractivity contribution is 5.72. The summed E-state index contributed by atoms with van der Waals surface area (Å²) in [6, 6.07) is 7.98. The van der Waals surface area contributed by atoms with E-state index in [4.69, 9.17) is 10.5 Å². The predicted octanol–water partition coefficient (Wildman–Crippen LogP) is 2.64. The minimum atomic E-state index is -0.257. The van der Waals surface area contributed by atoms with Crippen molar-refractivity contribution in [2.75, 3.05) is 24.8 Å². The van der Waals surface area contributed by atoms with Gasteiger partial charge >= 0.3 is 5.97 Å². The Bertz CT molecular complexity index is 772. The summed E-state index contributed by atoms with van der Waals surface area (Å²) < 4.78 is 4.71. The van der Waals surface area contributed by atoms with Crippen LogP contribution in [0, 0.1) is 6.92 Å². The number of aromatic nitrogens is 2. The molecule has 1 aromatic heterocycles. The number of aliphatic hydroxyl groups is 1. The number of anilines is 2. The van der Waals surface area contributed by atoms with Crippen molar-refractivity contribution in [3.8, 4) is 0 Å². The van der Waals surface area contributed by atoms with Gasteiger partial charge in [-0.2, -0.15) is 4.98 Å². The molecule has 0 aliphatic rings. The summed E-state index contributed by atoms with van der Waals surface area (Å²) in [4.78, 5) is 20.1. The van der Waals surface area contributed by atoms with Crippen LogP contribution in [-0.4, -0.2) is 40.8 Å². The smallest absolute Gasteiger partial charge is 0.309 e. The van der Waals surface area contributed by atoms with Gasteiger partial charge in [0.15, 0.2) is 0 Å². The van der Waals surface area contributed by atoms with Gasteiger partial charge in [0.1, 0.15) is 5.82 Å². The van der Waals surface area contributed by atoms with Crippen LogP contribution in [-0.2, 0) is 22.4 Å². The van der Waals surface area contributed by atoms with Gasteiger partial charge in [-0.15, -0.1) is 0 Å². The molecule has 0 bridgehead atoms. The fraction of sp³-hybridized carbons (Fsp3) is 0.476. The molecule has 152 valence electrons. The van der Waals surface area contributed by atoms with Gasteiger partial charge in [0.25, 0.3) is 0 Å². The Morgan fingerprint density at radius 2 is 1.89 bits per heavy atom. The van der Waals surface area contributed by atoms with Gasteiger partial charge in [0.05, 0.1) is 13.5 Å². The van der Waals surface area contributed by atoms with E-state index in [9.17, 15) is 9.90 Å². The molecule has 0 saturated carbocycles. The van der Waals surface area contributed by atoms with Crippen molar-refractivity contribution in [3.05, 3.63) is 46.6 Å². The normalized spacial score (nSPS) is 11.9. The lowest BCUT2D eigenvalue weighted by molar-refractivity contribution is -0.139. The molecule has 0 fully saturated rings. The van der Waals surface area contributed by atoms with Crippen molar-refractivity contribution < 1.29 is 14.6 Å². The first-order valence-electron chi connectivity index (χ1n) is 9.61. The molecule has 7 heteroatoms. The highest BCUT2D eigenvalue weighted by Gasteiger charge is 2.15. The number of aryl methyl sites for hydroxylation is 1. The van der Waals surface area contributed by atoms with Crippen molar-refractivity contribution in [3.63, 3.8) is 0 Å². The molecule has 28 heavy (non-hydrogen) atoms. The van der Waals surface area contributed by atoms with Gasteiger partial charge in [-0.3, -0.25) is 4.79 Å². The van der Waals surface area contributed by atoms with E-state index in [0.717, 1.165) is 41.0 Å². The summed E-state index contributed by atoms with van der Waals surface area (Å²) in [6.45, 7) is 4.15. The minimum Gasteiger partial charge on any atom is -0.469 e. The van der Waals surface area contributed by atoms with Crippen molar-refractivity contribution >= 4 is 17.7 Å². The number of methoxy groups -OCH3 is 1. The molecular formula is C21H30N4O3. The summed E-state index contributed by atoms with van der Waals surface area (Å²) in [6.07, 6.45) is 3.50.